The number of nitrogens with one attached hydrogen (secondary N) is 3. The number of hydrogen-bond acceptors (Lipinski definition) is 4. The number of amides is 2. The van der Waals surface area contributed by atoms with Crippen molar-refractivity contribution in [1.82, 2.24) is 10.6 Å². The van der Waals surface area contributed by atoms with Crippen molar-refractivity contribution in [1.29, 1.82) is 0 Å². The molecule has 3 N–H and O–H groups in total. The molecule has 1 aliphatic rings. The standard InChI is InChI=1S/C18H27N3O3/c1-18(2,3)20-12-16(22)21-14-8-6-13(7-9-14)17(23)19-11-15-5-4-10-24-15/h6-9,15,20H,4-5,10-12H2,1-3H3,(H,19,23)(H,21,22). The van der Waals surface area contributed by atoms with Crippen LogP contribution >= 0.6 is 0 Å². The van der Waals surface area contributed by atoms with E-state index in [1.165, 1.54) is 0 Å². The molecular weight excluding hydrogens is 306 g/mol. The van der Waals surface area contributed by atoms with E-state index in [2.05, 4.69) is 16.0 Å². The Bertz CT molecular complexity index is 558. The fourth-order valence-corrected chi connectivity index (χ4v) is 2.37. The number of hydrogen-bond donors (Lipinski definition) is 3. The van der Waals surface area contributed by atoms with Gasteiger partial charge in [-0.05, 0) is 57.9 Å². The molecule has 0 radical (unpaired) electrons. The van der Waals surface area contributed by atoms with Crippen molar-refractivity contribution in [3.05, 3.63) is 29.8 Å². The lowest BCUT2D eigenvalue weighted by Crippen LogP contribution is -2.41. The van der Waals surface area contributed by atoms with Gasteiger partial charge in [-0.1, -0.05) is 0 Å². The number of carbonyl (C=O) groups excluding carboxylic acids is 2. The Kier molecular flexibility index (Phi) is 6.34. The average Bonchev–Trinajstić information content (AvgIpc) is 3.04. The SMILES string of the molecule is CC(C)(C)NCC(=O)Nc1ccc(C(=O)NCC2CCCO2)cc1. The monoisotopic (exact) mass is 333 g/mol. The molecule has 1 aromatic rings. The minimum Gasteiger partial charge on any atom is -0.376 e. The van der Waals surface area contributed by atoms with Crippen LogP contribution in [0.2, 0.25) is 0 Å². The predicted molar refractivity (Wildman–Crippen MR) is 94.1 cm³/mol. The van der Waals surface area contributed by atoms with Crippen molar-refractivity contribution in [3.63, 3.8) is 0 Å². The van der Waals surface area contributed by atoms with Gasteiger partial charge in [0, 0.05) is 29.9 Å². The first kappa shape index (κ1) is 18.4. The first-order chi connectivity index (χ1) is 11.3. The zero-order chi connectivity index (χ0) is 17.6. The summed E-state index contributed by atoms with van der Waals surface area (Å²) in [6.07, 6.45) is 2.18. The Labute approximate surface area is 143 Å². The van der Waals surface area contributed by atoms with Gasteiger partial charge in [0.1, 0.15) is 0 Å². The summed E-state index contributed by atoms with van der Waals surface area (Å²) in [4.78, 5) is 23.9. The third-order valence-corrected chi connectivity index (χ3v) is 3.72. The first-order valence-corrected chi connectivity index (χ1v) is 8.38. The second-order valence-corrected chi connectivity index (χ2v) is 7.07. The molecule has 132 valence electrons. The molecule has 1 aromatic carbocycles. The summed E-state index contributed by atoms with van der Waals surface area (Å²) in [7, 11) is 0. The quantitative estimate of drug-likeness (QED) is 0.743. The van der Waals surface area contributed by atoms with Crippen LogP contribution in [-0.4, -0.2) is 43.2 Å². The third kappa shape index (κ3) is 6.29. The minimum absolute atomic E-state index is 0.109. The van der Waals surface area contributed by atoms with Crippen LogP contribution in [-0.2, 0) is 9.53 Å². The van der Waals surface area contributed by atoms with E-state index >= 15 is 0 Å². The van der Waals surface area contributed by atoms with E-state index in [1.54, 1.807) is 24.3 Å². The number of benzene rings is 1. The van der Waals surface area contributed by atoms with Crippen molar-refractivity contribution in [2.75, 3.05) is 25.0 Å². The lowest BCUT2D eigenvalue weighted by molar-refractivity contribution is -0.115. The van der Waals surface area contributed by atoms with E-state index in [0.717, 1.165) is 19.4 Å². The van der Waals surface area contributed by atoms with Gasteiger partial charge >= 0.3 is 0 Å². The molecule has 2 rings (SSSR count). The number of ether oxygens (including phenoxy) is 1. The molecule has 1 atom stereocenters. The molecule has 0 bridgehead atoms. The summed E-state index contributed by atoms with van der Waals surface area (Å²) < 4.78 is 5.48. The molecule has 0 saturated carbocycles. The van der Waals surface area contributed by atoms with Gasteiger partial charge in [-0.2, -0.15) is 0 Å². The van der Waals surface area contributed by atoms with Gasteiger partial charge in [0.25, 0.3) is 5.91 Å². The van der Waals surface area contributed by atoms with Crippen LogP contribution in [0, 0.1) is 0 Å². The van der Waals surface area contributed by atoms with E-state index in [1.807, 2.05) is 20.8 Å². The number of carbonyl (C=O) groups is 2. The summed E-state index contributed by atoms with van der Waals surface area (Å²) in [6, 6.07) is 6.88. The summed E-state index contributed by atoms with van der Waals surface area (Å²) in [5.41, 5.74) is 1.13. The maximum absolute atomic E-state index is 12.1. The van der Waals surface area contributed by atoms with Gasteiger partial charge in [-0.15, -0.1) is 0 Å². The third-order valence-electron chi connectivity index (χ3n) is 3.72. The highest BCUT2D eigenvalue weighted by atomic mass is 16.5. The molecule has 1 aliphatic heterocycles. The molecular formula is C18H27N3O3. The molecule has 24 heavy (non-hydrogen) atoms. The van der Waals surface area contributed by atoms with E-state index < -0.39 is 0 Å². The van der Waals surface area contributed by atoms with Gasteiger partial charge in [0.15, 0.2) is 0 Å². The molecule has 0 spiro atoms. The zero-order valence-electron chi connectivity index (χ0n) is 14.6. The molecule has 2 amide bonds. The highest BCUT2D eigenvalue weighted by Gasteiger charge is 2.16. The summed E-state index contributed by atoms with van der Waals surface area (Å²) in [5.74, 6) is -0.238. The van der Waals surface area contributed by atoms with E-state index in [-0.39, 0.29) is 30.0 Å². The van der Waals surface area contributed by atoms with E-state index in [0.29, 0.717) is 17.8 Å². The highest BCUT2D eigenvalue weighted by molar-refractivity contribution is 5.96. The summed E-state index contributed by atoms with van der Waals surface area (Å²) in [5, 5.41) is 8.81. The topological polar surface area (TPSA) is 79.5 Å². The molecule has 1 heterocycles. The zero-order valence-corrected chi connectivity index (χ0v) is 14.6. The number of rotatable bonds is 6. The molecule has 6 heteroatoms. The smallest absolute Gasteiger partial charge is 0.251 e. The van der Waals surface area contributed by atoms with Crippen molar-refractivity contribution in [2.45, 2.75) is 45.3 Å². The maximum atomic E-state index is 12.1. The Hall–Kier alpha value is -1.92. The Balaban J connectivity index is 1.79. The van der Waals surface area contributed by atoms with Gasteiger partial charge in [-0.25, -0.2) is 0 Å². The first-order valence-electron chi connectivity index (χ1n) is 8.38. The second-order valence-electron chi connectivity index (χ2n) is 7.07. The minimum atomic E-state index is -0.127. The molecule has 0 aromatic heterocycles. The molecule has 1 unspecified atom stereocenters. The van der Waals surface area contributed by atoms with Crippen molar-refractivity contribution in [3.8, 4) is 0 Å². The second kappa shape index (κ2) is 8.26. The molecule has 0 aliphatic carbocycles. The average molecular weight is 333 g/mol. The van der Waals surface area contributed by atoms with Crippen molar-refractivity contribution >= 4 is 17.5 Å². The Morgan fingerprint density at radius 3 is 2.50 bits per heavy atom. The van der Waals surface area contributed by atoms with Crippen molar-refractivity contribution in [2.24, 2.45) is 0 Å². The van der Waals surface area contributed by atoms with Crippen LogP contribution in [0.15, 0.2) is 24.3 Å². The lowest BCUT2D eigenvalue weighted by atomic mass is 10.1. The van der Waals surface area contributed by atoms with Crippen LogP contribution < -0.4 is 16.0 Å². The van der Waals surface area contributed by atoms with Gasteiger partial charge in [0.2, 0.25) is 5.91 Å². The van der Waals surface area contributed by atoms with Crippen LogP contribution in [0.25, 0.3) is 0 Å². The summed E-state index contributed by atoms with van der Waals surface area (Å²) in [6.45, 7) is 7.57. The maximum Gasteiger partial charge on any atom is 0.251 e. The van der Waals surface area contributed by atoms with Crippen LogP contribution in [0.1, 0.15) is 44.0 Å². The molecule has 1 fully saturated rings. The molecule has 1 saturated heterocycles. The van der Waals surface area contributed by atoms with Gasteiger partial charge in [0.05, 0.1) is 12.6 Å². The highest BCUT2D eigenvalue weighted by Crippen LogP contribution is 2.12. The van der Waals surface area contributed by atoms with E-state index in [4.69, 9.17) is 4.74 Å². The predicted octanol–water partition coefficient (Wildman–Crippen LogP) is 1.92. The molecule has 6 nitrogen and oxygen atoms in total. The van der Waals surface area contributed by atoms with Gasteiger partial charge < -0.3 is 20.7 Å². The summed E-state index contributed by atoms with van der Waals surface area (Å²) >= 11 is 0. The van der Waals surface area contributed by atoms with Gasteiger partial charge in [-0.3, -0.25) is 9.59 Å². The number of anilines is 1. The van der Waals surface area contributed by atoms with Crippen LogP contribution in [0.5, 0.6) is 0 Å². The Morgan fingerprint density at radius 1 is 1.21 bits per heavy atom. The van der Waals surface area contributed by atoms with Crippen LogP contribution in [0.4, 0.5) is 5.69 Å². The normalized spacial score (nSPS) is 17.5. The largest absolute Gasteiger partial charge is 0.376 e. The lowest BCUT2D eigenvalue weighted by Gasteiger charge is -2.20. The van der Waals surface area contributed by atoms with Crippen molar-refractivity contribution < 1.29 is 14.3 Å². The fraction of sp³-hybridized carbons (Fsp3) is 0.556. The van der Waals surface area contributed by atoms with E-state index in [9.17, 15) is 9.59 Å². The van der Waals surface area contributed by atoms with Crippen LogP contribution in [0.3, 0.4) is 0 Å². The Morgan fingerprint density at radius 2 is 1.92 bits per heavy atom. The fourth-order valence-electron chi connectivity index (χ4n) is 2.37.